The molecule has 96 valence electrons. The van der Waals surface area contributed by atoms with Gasteiger partial charge in [0.05, 0.1) is 0 Å². The lowest BCUT2D eigenvalue weighted by molar-refractivity contribution is -0.133. The van der Waals surface area contributed by atoms with Crippen LogP contribution in [0.1, 0.15) is 24.3 Å². The van der Waals surface area contributed by atoms with E-state index in [4.69, 9.17) is 4.74 Å². The van der Waals surface area contributed by atoms with Crippen LogP contribution in [0.3, 0.4) is 0 Å². The molecule has 0 spiro atoms. The first-order chi connectivity index (χ1) is 8.81. The Balaban J connectivity index is 1.82. The summed E-state index contributed by atoms with van der Waals surface area (Å²) in [7, 11) is 0. The molecule has 18 heavy (non-hydrogen) atoms. The minimum Gasteiger partial charge on any atom is -0.492 e. The second-order valence-electron chi connectivity index (χ2n) is 4.88. The number of amides is 1. The summed E-state index contributed by atoms with van der Waals surface area (Å²) >= 11 is 3.50. The van der Waals surface area contributed by atoms with Crippen molar-refractivity contribution in [3.05, 3.63) is 29.8 Å². The van der Waals surface area contributed by atoms with Crippen molar-refractivity contribution in [1.29, 1.82) is 0 Å². The topological polar surface area (TPSA) is 29.5 Å². The Morgan fingerprint density at radius 3 is 3.11 bits per heavy atom. The van der Waals surface area contributed by atoms with E-state index in [9.17, 15) is 4.79 Å². The lowest BCUT2D eigenvalue weighted by Gasteiger charge is -2.25. The maximum Gasteiger partial charge on any atom is 0.234 e. The molecular formula is C14H16BrNO2. The Bertz CT molecular complexity index is 463. The highest BCUT2D eigenvalue weighted by Crippen LogP contribution is 2.36. The molecule has 4 heteroatoms. The van der Waals surface area contributed by atoms with Gasteiger partial charge in [-0.05, 0) is 18.9 Å². The highest BCUT2D eigenvalue weighted by molar-refractivity contribution is 9.09. The third-order valence-electron chi connectivity index (χ3n) is 3.84. The van der Waals surface area contributed by atoms with Gasteiger partial charge >= 0.3 is 0 Å². The van der Waals surface area contributed by atoms with E-state index in [1.54, 1.807) is 0 Å². The van der Waals surface area contributed by atoms with Gasteiger partial charge in [-0.3, -0.25) is 4.79 Å². The van der Waals surface area contributed by atoms with Crippen LogP contribution in [0.15, 0.2) is 24.3 Å². The fourth-order valence-electron chi connectivity index (χ4n) is 2.85. The van der Waals surface area contributed by atoms with Gasteiger partial charge < -0.3 is 9.64 Å². The summed E-state index contributed by atoms with van der Waals surface area (Å²) in [5, 5.41) is 0.869. The van der Waals surface area contributed by atoms with Crippen LogP contribution in [0.5, 0.6) is 5.75 Å². The summed E-state index contributed by atoms with van der Waals surface area (Å²) in [6.45, 7) is 1.37. The largest absolute Gasteiger partial charge is 0.492 e. The molecule has 0 aromatic heterocycles. The van der Waals surface area contributed by atoms with Crippen molar-refractivity contribution in [1.82, 2.24) is 4.90 Å². The fraction of sp³-hybridized carbons (Fsp3) is 0.500. The molecule has 2 heterocycles. The molecule has 3 rings (SSSR count). The lowest BCUT2D eigenvalue weighted by atomic mass is 9.99. The average Bonchev–Trinajstić information content (AvgIpc) is 3.04. The quantitative estimate of drug-likeness (QED) is 0.786. The molecule has 0 N–H and O–H groups in total. The van der Waals surface area contributed by atoms with Gasteiger partial charge in [0.2, 0.25) is 5.91 Å². The SMILES string of the molecule is O=C(C1COc2ccccc21)N1CCCC1CBr. The van der Waals surface area contributed by atoms with Crippen LogP contribution in [0.25, 0.3) is 0 Å². The summed E-state index contributed by atoms with van der Waals surface area (Å²) in [6, 6.07) is 8.21. The van der Waals surface area contributed by atoms with Crippen LogP contribution in [0.4, 0.5) is 0 Å². The lowest BCUT2D eigenvalue weighted by Crippen LogP contribution is -2.40. The molecular weight excluding hydrogens is 294 g/mol. The van der Waals surface area contributed by atoms with Crippen LogP contribution in [0.2, 0.25) is 0 Å². The minimum atomic E-state index is -0.110. The Labute approximate surface area is 115 Å². The molecule has 2 unspecified atom stereocenters. The molecule has 1 aromatic rings. The zero-order valence-electron chi connectivity index (χ0n) is 10.1. The number of nitrogens with zero attached hydrogens (tertiary/aromatic N) is 1. The number of likely N-dealkylation sites (tertiary alicyclic amines) is 1. The molecule has 1 saturated heterocycles. The Kier molecular flexibility index (Phi) is 3.29. The maximum absolute atomic E-state index is 12.6. The zero-order valence-corrected chi connectivity index (χ0v) is 11.7. The van der Waals surface area contributed by atoms with E-state index in [0.29, 0.717) is 12.6 Å². The van der Waals surface area contributed by atoms with Crippen molar-refractivity contribution < 1.29 is 9.53 Å². The molecule has 3 nitrogen and oxygen atoms in total. The van der Waals surface area contributed by atoms with Crippen molar-refractivity contribution in [2.45, 2.75) is 24.8 Å². The molecule has 2 atom stereocenters. The van der Waals surface area contributed by atoms with Gasteiger partial charge in [-0.2, -0.15) is 0 Å². The summed E-state index contributed by atoms with van der Waals surface area (Å²) in [6.07, 6.45) is 2.21. The summed E-state index contributed by atoms with van der Waals surface area (Å²) < 4.78 is 5.60. The number of para-hydroxylation sites is 1. The van der Waals surface area contributed by atoms with Gasteiger partial charge in [0.25, 0.3) is 0 Å². The number of halogens is 1. The van der Waals surface area contributed by atoms with Crippen LogP contribution < -0.4 is 4.74 Å². The van der Waals surface area contributed by atoms with Gasteiger partial charge in [0, 0.05) is 23.5 Å². The van der Waals surface area contributed by atoms with Crippen molar-refractivity contribution >= 4 is 21.8 Å². The molecule has 0 bridgehead atoms. The number of alkyl halides is 1. The summed E-state index contributed by atoms with van der Waals surface area (Å²) in [5.41, 5.74) is 1.04. The Hall–Kier alpha value is -1.03. The minimum absolute atomic E-state index is 0.110. The second kappa shape index (κ2) is 4.92. The van der Waals surface area contributed by atoms with Crippen LogP contribution in [-0.4, -0.2) is 35.3 Å². The molecule has 0 saturated carbocycles. The van der Waals surface area contributed by atoms with E-state index in [-0.39, 0.29) is 11.8 Å². The van der Waals surface area contributed by atoms with E-state index < -0.39 is 0 Å². The Morgan fingerprint density at radius 2 is 2.28 bits per heavy atom. The second-order valence-corrected chi connectivity index (χ2v) is 5.53. The predicted octanol–water partition coefficient (Wildman–Crippen LogP) is 2.55. The first-order valence-corrected chi connectivity index (χ1v) is 7.51. The zero-order chi connectivity index (χ0) is 12.5. The molecule has 2 aliphatic rings. The first kappa shape index (κ1) is 12.0. The number of hydrogen-bond donors (Lipinski definition) is 0. The standard InChI is InChI=1S/C14H16BrNO2/c15-8-10-4-3-7-16(10)14(17)12-9-18-13-6-2-1-5-11(12)13/h1-2,5-6,10,12H,3-4,7-9H2. The monoisotopic (exact) mass is 309 g/mol. The number of hydrogen-bond acceptors (Lipinski definition) is 2. The smallest absolute Gasteiger partial charge is 0.234 e. The normalized spacial score (nSPS) is 25.9. The van der Waals surface area contributed by atoms with Gasteiger partial charge in [0.15, 0.2) is 0 Å². The molecule has 1 amide bonds. The van der Waals surface area contributed by atoms with Gasteiger partial charge in [0.1, 0.15) is 18.3 Å². The van der Waals surface area contributed by atoms with Crippen LogP contribution in [-0.2, 0) is 4.79 Å². The van der Waals surface area contributed by atoms with Crippen molar-refractivity contribution in [2.24, 2.45) is 0 Å². The van der Waals surface area contributed by atoms with Gasteiger partial charge in [-0.15, -0.1) is 0 Å². The number of rotatable bonds is 2. The number of carbonyl (C=O) groups excluding carboxylic acids is 1. The molecule has 0 radical (unpaired) electrons. The molecule has 2 aliphatic heterocycles. The van der Waals surface area contributed by atoms with E-state index >= 15 is 0 Å². The van der Waals surface area contributed by atoms with Crippen molar-refractivity contribution in [3.63, 3.8) is 0 Å². The van der Waals surface area contributed by atoms with E-state index in [2.05, 4.69) is 15.9 Å². The van der Waals surface area contributed by atoms with Gasteiger partial charge in [-0.1, -0.05) is 34.1 Å². The predicted molar refractivity (Wildman–Crippen MR) is 73.2 cm³/mol. The summed E-state index contributed by atoms with van der Waals surface area (Å²) in [5.74, 6) is 0.980. The first-order valence-electron chi connectivity index (χ1n) is 6.39. The number of carbonyl (C=O) groups is 1. The Morgan fingerprint density at radius 1 is 1.44 bits per heavy atom. The number of benzene rings is 1. The molecule has 0 aliphatic carbocycles. The van der Waals surface area contributed by atoms with Crippen LogP contribution in [0, 0.1) is 0 Å². The molecule has 1 aromatic carbocycles. The third kappa shape index (κ3) is 1.92. The van der Waals surface area contributed by atoms with Crippen molar-refractivity contribution in [3.8, 4) is 5.75 Å². The van der Waals surface area contributed by atoms with E-state index in [0.717, 1.165) is 36.0 Å². The molecule has 1 fully saturated rings. The highest BCUT2D eigenvalue weighted by atomic mass is 79.9. The van der Waals surface area contributed by atoms with Crippen molar-refractivity contribution in [2.75, 3.05) is 18.5 Å². The van der Waals surface area contributed by atoms with Gasteiger partial charge in [-0.25, -0.2) is 0 Å². The fourth-order valence-corrected chi connectivity index (χ4v) is 3.53. The number of fused-ring (bicyclic) bond motifs is 1. The van der Waals surface area contributed by atoms with E-state index in [1.807, 2.05) is 29.2 Å². The summed E-state index contributed by atoms with van der Waals surface area (Å²) in [4.78, 5) is 14.6. The average molecular weight is 310 g/mol. The third-order valence-corrected chi connectivity index (χ3v) is 4.58. The highest BCUT2D eigenvalue weighted by Gasteiger charge is 2.37. The van der Waals surface area contributed by atoms with E-state index in [1.165, 1.54) is 0 Å². The number of ether oxygens (including phenoxy) is 1. The maximum atomic E-state index is 12.6. The van der Waals surface area contributed by atoms with Crippen LogP contribution >= 0.6 is 15.9 Å².